The zero-order valence-electron chi connectivity index (χ0n) is 10.7. The van der Waals surface area contributed by atoms with E-state index in [-0.39, 0.29) is 0 Å². The molecule has 0 aromatic rings. The van der Waals surface area contributed by atoms with E-state index in [0.29, 0.717) is 19.6 Å². The van der Waals surface area contributed by atoms with Gasteiger partial charge in [0.1, 0.15) is 0 Å². The van der Waals surface area contributed by atoms with Gasteiger partial charge < -0.3 is 26.4 Å². The summed E-state index contributed by atoms with van der Waals surface area (Å²) in [5.74, 6) is 0. The molecular formula is C10H27N5O2. The van der Waals surface area contributed by atoms with Gasteiger partial charge in [0.15, 0.2) is 0 Å². The molecule has 0 aromatic carbocycles. The highest BCUT2D eigenvalue weighted by Crippen LogP contribution is 1.76. The van der Waals surface area contributed by atoms with Gasteiger partial charge >= 0.3 is 0 Å². The minimum absolute atomic E-state index is 0.566. The number of nitrogens with one attached hydrogen (secondary N) is 4. The summed E-state index contributed by atoms with van der Waals surface area (Å²) in [5.41, 5.74) is 2.09. The van der Waals surface area contributed by atoms with Gasteiger partial charge in [0.2, 0.25) is 0 Å². The number of likely N-dealkylation sites (N-methyl/N-ethyl adjacent to an activating group) is 1. The largest absolute Gasteiger partial charge is 0.317 e. The third-order valence-corrected chi connectivity index (χ3v) is 2.28. The van der Waals surface area contributed by atoms with E-state index in [1.165, 1.54) is 5.06 Å². The summed E-state index contributed by atoms with van der Waals surface area (Å²) >= 11 is 0. The van der Waals surface area contributed by atoms with Gasteiger partial charge in [-0.1, -0.05) is 6.92 Å². The van der Waals surface area contributed by atoms with Gasteiger partial charge in [0, 0.05) is 58.9 Å². The summed E-state index contributed by atoms with van der Waals surface area (Å²) in [6.07, 6.45) is 0. The monoisotopic (exact) mass is 249 g/mol. The van der Waals surface area contributed by atoms with Crippen molar-refractivity contribution in [2.75, 3.05) is 58.9 Å². The molecule has 0 unspecified atom stereocenters. The van der Waals surface area contributed by atoms with E-state index in [4.69, 9.17) is 10.4 Å². The van der Waals surface area contributed by atoms with E-state index in [1.807, 2.05) is 6.92 Å². The van der Waals surface area contributed by atoms with Crippen LogP contribution >= 0.6 is 0 Å². The number of hydrogen-bond acceptors (Lipinski definition) is 7. The lowest BCUT2D eigenvalue weighted by atomic mass is 10.5. The van der Waals surface area contributed by atoms with Gasteiger partial charge in [-0.25, -0.2) is 5.48 Å². The third-order valence-electron chi connectivity index (χ3n) is 2.28. The minimum Gasteiger partial charge on any atom is -0.317 e. The summed E-state index contributed by atoms with van der Waals surface area (Å²) in [6.45, 7) is 8.98. The second kappa shape index (κ2) is 13.8. The Bertz CT molecular complexity index is 151. The maximum atomic E-state index is 9.15. The Morgan fingerprint density at radius 3 is 1.76 bits per heavy atom. The van der Waals surface area contributed by atoms with Crippen molar-refractivity contribution in [2.24, 2.45) is 0 Å². The SMILES string of the molecule is CCN(O)CCNCCNCCNCCNO. The molecule has 0 saturated heterocycles. The zero-order valence-corrected chi connectivity index (χ0v) is 10.7. The molecule has 0 atom stereocenters. The van der Waals surface area contributed by atoms with Crippen LogP contribution in [0, 0.1) is 0 Å². The Morgan fingerprint density at radius 2 is 1.29 bits per heavy atom. The second-order valence-electron chi connectivity index (χ2n) is 3.70. The van der Waals surface area contributed by atoms with Crippen molar-refractivity contribution in [3.8, 4) is 0 Å². The van der Waals surface area contributed by atoms with Crippen LogP contribution in [0.4, 0.5) is 0 Å². The predicted molar refractivity (Wildman–Crippen MR) is 67.4 cm³/mol. The molecule has 0 amide bonds. The fraction of sp³-hybridized carbons (Fsp3) is 1.00. The van der Waals surface area contributed by atoms with Gasteiger partial charge in [0.05, 0.1) is 0 Å². The summed E-state index contributed by atoms with van der Waals surface area (Å²) in [7, 11) is 0. The molecule has 6 N–H and O–H groups in total. The molecule has 7 nitrogen and oxygen atoms in total. The van der Waals surface area contributed by atoms with Crippen LogP contribution in [0.1, 0.15) is 6.92 Å². The van der Waals surface area contributed by atoms with Crippen LogP contribution in [0.15, 0.2) is 0 Å². The van der Waals surface area contributed by atoms with Crippen LogP contribution in [0.25, 0.3) is 0 Å². The van der Waals surface area contributed by atoms with E-state index in [9.17, 15) is 0 Å². The first-order chi connectivity index (χ1) is 8.31. The average Bonchev–Trinajstić information content (AvgIpc) is 2.35. The van der Waals surface area contributed by atoms with E-state index in [1.54, 1.807) is 0 Å². The lowest BCUT2D eigenvalue weighted by molar-refractivity contribution is -0.0844. The first-order valence-corrected chi connectivity index (χ1v) is 6.24. The maximum absolute atomic E-state index is 9.15. The first-order valence-electron chi connectivity index (χ1n) is 6.24. The third kappa shape index (κ3) is 13.7. The highest BCUT2D eigenvalue weighted by molar-refractivity contribution is 4.55. The van der Waals surface area contributed by atoms with Crippen LogP contribution in [0.3, 0.4) is 0 Å². The van der Waals surface area contributed by atoms with Crippen LogP contribution in [0.5, 0.6) is 0 Å². The van der Waals surface area contributed by atoms with Crippen molar-refractivity contribution < 1.29 is 10.4 Å². The first kappa shape index (κ1) is 16.7. The van der Waals surface area contributed by atoms with E-state index in [2.05, 4.69) is 21.4 Å². The predicted octanol–water partition coefficient (Wildman–Crippen LogP) is -1.55. The molecular weight excluding hydrogens is 222 g/mol. The molecule has 17 heavy (non-hydrogen) atoms. The van der Waals surface area contributed by atoms with Gasteiger partial charge in [-0.3, -0.25) is 0 Å². The highest BCUT2D eigenvalue weighted by Gasteiger charge is 1.94. The van der Waals surface area contributed by atoms with Crippen molar-refractivity contribution in [3.05, 3.63) is 0 Å². The van der Waals surface area contributed by atoms with Crippen molar-refractivity contribution in [1.29, 1.82) is 0 Å². The van der Waals surface area contributed by atoms with Crippen LogP contribution < -0.4 is 21.4 Å². The lowest BCUT2D eigenvalue weighted by Gasteiger charge is -2.12. The number of hydroxylamine groups is 3. The van der Waals surface area contributed by atoms with Crippen LogP contribution in [0.2, 0.25) is 0 Å². The van der Waals surface area contributed by atoms with E-state index in [0.717, 1.165) is 39.3 Å². The fourth-order valence-electron chi connectivity index (χ4n) is 1.24. The van der Waals surface area contributed by atoms with Gasteiger partial charge in [-0.05, 0) is 0 Å². The Kier molecular flexibility index (Phi) is 13.6. The van der Waals surface area contributed by atoms with Gasteiger partial charge in [-0.2, -0.15) is 5.06 Å². The summed E-state index contributed by atoms with van der Waals surface area (Å²) in [4.78, 5) is 0. The number of rotatable bonds is 13. The average molecular weight is 249 g/mol. The fourth-order valence-corrected chi connectivity index (χ4v) is 1.24. The molecule has 0 aromatic heterocycles. The molecule has 0 aliphatic rings. The quantitative estimate of drug-likeness (QED) is 0.174. The zero-order chi connectivity index (χ0) is 12.8. The standard InChI is InChI=1S/C10H27N5O2/c1-2-15(17)10-9-13-6-5-11-3-4-12-7-8-14-16/h11-14,16-17H,2-10H2,1H3. The molecule has 0 saturated carbocycles. The topological polar surface area (TPSA) is 91.8 Å². The Morgan fingerprint density at radius 1 is 0.824 bits per heavy atom. The Balaban J connectivity index is 2.94. The molecule has 0 rings (SSSR count). The summed E-state index contributed by atoms with van der Waals surface area (Å²) < 4.78 is 0. The van der Waals surface area contributed by atoms with E-state index < -0.39 is 0 Å². The van der Waals surface area contributed by atoms with Crippen molar-refractivity contribution in [1.82, 2.24) is 26.5 Å². The normalized spacial score (nSPS) is 11.3. The maximum Gasteiger partial charge on any atom is 0.0363 e. The Hall–Kier alpha value is -0.280. The van der Waals surface area contributed by atoms with Crippen molar-refractivity contribution in [3.63, 3.8) is 0 Å². The molecule has 0 spiro atoms. The van der Waals surface area contributed by atoms with Gasteiger partial charge in [-0.15, -0.1) is 0 Å². The van der Waals surface area contributed by atoms with Gasteiger partial charge in [0.25, 0.3) is 0 Å². The molecule has 0 aliphatic carbocycles. The molecule has 0 heterocycles. The number of nitrogens with zero attached hydrogens (tertiary/aromatic N) is 1. The molecule has 0 bridgehead atoms. The number of hydrogen-bond donors (Lipinski definition) is 6. The molecule has 7 heteroatoms. The smallest absolute Gasteiger partial charge is 0.0363 e. The lowest BCUT2D eigenvalue weighted by Crippen LogP contribution is -2.36. The molecule has 104 valence electrons. The van der Waals surface area contributed by atoms with E-state index >= 15 is 0 Å². The molecule has 0 radical (unpaired) electrons. The van der Waals surface area contributed by atoms with Crippen molar-refractivity contribution in [2.45, 2.75) is 6.92 Å². The minimum atomic E-state index is 0.566. The highest BCUT2D eigenvalue weighted by atomic mass is 16.5. The second-order valence-corrected chi connectivity index (χ2v) is 3.70. The summed E-state index contributed by atoms with van der Waals surface area (Å²) in [5, 5.41) is 28.4. The molecule has 0 aliphatic heterocycles. The van der Waals surface area contributed by atoms with Crippen LogP contribution in [-0.2, 0) is 0 Å². The van der Waals surface area contributed by atoms with Crippen molar-refractivity contribution >= 4 is 0 Å². The summed E-state index contributed by atoms with van der Waals surface area (Å²) in [6, 6.07) is 0. The molecule has 0 fully saturated rings. The Labute approximate surface area is 103 Å². The van der Waals surface area contributed by atoms with Crippen LogP contribution in [-0.4, -0.2) is 74.4 Å².